The van der Waals surface area contributed by atoms with Crippen LogP contribution in [0.3, 0.4) is 0 Å². The molecular formula is C9H15N. The first-order valence-corrected chi connectivity index (χ1v) is 3.73. The molecule has 0 heterocycles. The lowest BCUT2D eigenvalue weighted by Crippen LogP contribution is -2.04. The first kappa shape index (κ1) is 9.23. The zero-order valence-electron chi connectivity index (χ0n) is 6.80. The second-order valence-electron chi connectivity index (χ2n) is 2.85. The van der Waals surface area contributed by atoms with E-state index in [0.29, 0.717) is 5.92 Å². The number of nitriles is 1. The van der Waals surface area contributed by atoms with Gasteiger partial charge in [-0.2, -0.15) is 5.26 Å². The van der Waals surface area contributed by atoms with Crippen LogP contribution in [-0.2, 0) is 0 Å². The average Bonchev–Trinajstić information content (AvgIpc) is 1.89. The van der Waals surface area contributed by atoms with Gasteiger partial charge in [-0.25, -0.2) is 0 Å². The highest BCUT2D eigenvalue weighted by Crippen LogP contribution is 2.15. The summed E-state index contributed by atoms with van der Waals surface area (Å²) in [5, 5.41) is 8.64. The smallest absolute Gasteiger partial charge is 0.0658 e. The molecule has 0 aromatic rings. The third-order valence-corrected chi connectivity index (χ3v) is 1.65. The van der Waals surface area contributed by atoms with Crippen LogP contribution in [0.2, 0.25) is 0 Å². The topological polar surface area (TPSA) is 23.8 Å². The summed E-state index contributed by atoms with van der Waals surface area (Å²) in [5.74, 6) is 0.683. The van der Waals surface area contributed by atoms with Crippen molar-refractivity contribution in [2.45, 2.75) is 26.7 Å². The van der Waals surface area contributed by atoms with E-state index < -0.39 is 0 Å². The summed E-state index contributed by atoms with van der Waals surface area (Å²) in [6.07, 6.45) is 3.78. The van der Waals surface area contributed by atoms with E-state index in [0.717, 1.165) is 12.8 Å². The van der Waals surface area contributed by atoms with Gasteiger partial charge in [0.15, 0.2) is 0 Å². The lowest BCUT2D eigenvalue weighted by Gasteiger charge is -2.10. The van der Waals surface area contributed by atoms with Crippen LogP contribution in [0.1, 0.15) is 26.7 Å². The Morgan fingerprint density at radius 3 is 2.50 bits per heavy atom. The number of hydrogen-bond donors (Lipinski definition) is 0. The molecule has 0 aromatic heterocycles. The maximum atomic E-state index is 8.64. The van der Waals surface area contributed by atoms with Crippen LogP contribution in [0.25, 0.3) is 0 Å². The fraction of sp³-hybridized carbons (Fsp3) is 0.667. The van der Waals surface area contributed by atoms with Crippen molar-refractivity contribution in [3.63, 3.8) is 0 Å². The molecule has 0 spiro atoms. The van der Waals surface area contributed by atoms with Gasteiger partial charge in [0, 0.05) is 5.92 Å². The molecule has 0 N–H and O–H groups in total. The summed E-state index contributed by atoms with van der Waals surface area (Å²) < 4.78 is 0. The Hall–Kier alpha value is -0.770. The molecule has 0 saturated heterocycles. The summed E-state index contributed by atoms with van der Waals surface area (Å²) in [4.78, 5) is 0. The Morgan fingerprint density at radius 2 is 2.20 bits per heavy atom. The van der Waals surface area contributed by atoms with Crippen LogP contribution in [0, 0.1) is 23.2 Å². The summed E-state index contributed by atoms with van der Waals surface area (Å²) in [5.41, 5.74) is 0. The molecule has 10 heavy (non-hydrogen) atoms. The first-order chi connectivity index (χ1) is 4.72. The van der Waals surface area contributed by atoms with E-state index in [9.17, 15) is 0 Å². The Morgan fingerprint density at radius 1 is 1.60 bits per heavy atom. The predicted molar refractivity (Wildman–Crippen MR) is 43.4 cm³/mol. The molecule has 0 fully saturated rings. The molecule has 0 aliphatic rings. The Labute approximate surface area is 63.4 Å². The van der Waals surface area contributed by atoms with Gasteiger partial charge in [-0.15, -0.1) is 6.58 Å². The normalized spacial score (nSPS) is 12.6. The van der Waals surface area contributed by atoms with Crippen LogP contribution < -0.4 is 0 Å². The summed E-state index contributed by atoms with van der Waals surface area (Å²) in [6.45, 7) is 7.78. The minimum absolute atomic E-state index is 0.206. The maximum absolute atomic E-state index is 8.64. The van der Waals surface area contributed by atoms with E-state index in [2.05, 4.69) is 26.5 Å². The van der Waals surface area contributed by atoms with Crippen molar-refractivity contribution in [1.29, 1.82) is 5.26 Å². The minimum Gasteiger partial charge on any atom is -0.198 e. The summed E-state index contributed by atoms with van der Waals surface area (Å²) in [7, 11) is 0. The van der Waals surface area contributed by atoms with Crippen molar-refractivity contribution in [3.05, 3.63) is 12.7 Å². The highest BCUT2D eigenvalue weighted by molar-refractivity contribution is 4.86. The van der Waals surface area contributed by atoms with E-state index in [1.807, 2.05) is 6.08 Å². The number of hydrogen-bond acceptors (Lipinski definition) is 1. The molecule has 0 aliphatic heterocycles. The predicted octanol–water partition coefficient (Wildman–Crippen LogP) is 2.75. The van der Waals surface area contributed by atoms with Crippen LogP contribution in [0.15, 0.2) is 12.7 Å². The SMILES string of the molecule is C=CCCC(C#N)C(C)C. The largest absolute Gasteiger partial charge is 0.198 e. The monoisotopic (exact) mass is 137 g/mol. The van der Waals surface area contributed by atoms with E-state index in [1.54, 1.807) is 0 Å². The van der Waals surface area contributed by atoms with E-state index in [4.69, 9.17) is 5.26 Å². The van der Waals surface area contributed by atoms with Gasteiger partial charge in [0.1, 0.15) is 0 Å². The third-order valence-electron chi connectivity index (χ3n) is 1.65. The van der Waals surface area contributed by atoms with Gasteiger partial charge in [-0.05, 0) is 18.8 Å². The summed E-state index contributed by atoms with van der Waals surface area (Å²) >= 11 is 0. The van der Waals surface area contributed by atoms with Crippen molar-refractivity contribution < 1.29 is 0 Å². The van der Waals surface area contributed by atoms with Crippen LogP contribution in [0.5, 0.6) is 0 Å². The molecule has 0 bridgehead atoms. The van der Waals surface area contributed by atoms with Crippen molar-refractivity contribution in [3.8, 4) is 6.07 Å². The first-order valence-electron chi connectivity index (χ1n) is 3.73. The maximum Gasteiger partial charge on any atom is 0.0658 e. The molecule has 1 atom stereocenters. The van der Waals surface area contributed by atoms with Gasteiger partial charge in [0.25, 0.3) is 0 Å². The van der Waals surface area contributed by atoms with E-state index in [-0.39, 0.29) is 5.92 Å². The van der Waals surface area contributed by atoms with Gasteiger partial charge in [0.05, 0.1) is 6.07 Å². The minimum atomic E-state index is 0.206. The van der Waals surface area contributed by atoms with Gasteiger partial charge < -0.3 is 0 Å². The summed E-state index contributed by atoms with van der Waals surface area (Å²) in [6, 6.07) is 2.29. The number of rotatable bonds is 4. The second kappa shape index (κ2) is 5.05. The lowest BCUT2D eigenvalue weighted by atomic mass is 9.93. The third kappa shape index (κ3) is 3.29. The Kier molecular flexibility index (Phi) is 4.66. The quantitative estimate of drug-likeness (QED) is 0.546. The van der Waals surface area contributed by atoms with Crippen LogP contribution >= 0.6 is 0 Å². The zero-order valence-corrected chi connectivity index (χ0v) is 6.80. The van der Waals surface area contributed by atoms with Gasteiger partial charge >= 0.3 is 0 Å². The molecule has 1 unspecified atom stereocenters. The fourth-order valence-electron chi connectivity index (χ4n) is 0.844. The molecule has 0 rings (SSSR count). The van der Waals surface area contributed by atoms with Gasteiger partial charge in [0.2, 0.25) is 0 Å². The van der Waals surface area contributed by atoms with Crippen molar-refractivity contribution in [2.75, 3.05) is 0 Å². The molecule has 0 aromatic carbocycles. The van der Waals surface area contributed by atoms with Crippen molar-refractivity contribution >= 4 is 0 Å². The second-order valence-corrected chi connectivity index (χ2v) is 2.85. The zero-order chi connectivity index (χ0) is 7.98. The molecule has 56 valence electrons. The van der Waals surface area contributed by atoms with Crippen LogP contribution in [0.4, 0.5) is 0 Å². The average molecular weight is 137 g/mol. The lowest BCUT2D eigenvalue weighted by molar-refractivity contribution is 0.450. The van der Waals surface area contributed by atoms with Crippen molar-refractivity contribution in [1.82, 2.24) is 0 Å². The molecule has 0 aliphatic carbocycles. The number of nitrogens with zero attached hydrogens (tertiary/aromatic N) is 1. The van der Waals surface area contributed by atoms with E-state index in [1.165, 1.54) is 0 Å². The molecule has 0 radical (unpaired) electrons. The van der Waals surface area contributed by atoms with Gasteiger partial charge in [-0.3, -0.25) is 0 Å². The highest BCUT2D eigenvalue weighted by Gasteiger charge is 2.09. The molecule has 0 amide bonds. The molecular weight excluding hydrogens is 122 g/mol. The highest BCUT2D eigenvalue weighted by atomic mass is 14.3. The van der Waals surface area contributed by atoms with Crippen LogP contribution in [-0.4, -0.2) is 0 Å². The molecule has 1 heteroatoms. The fourth-order valence-corrected chi connectivity index (χ4v) is 0.844. The molecule has 1 nitrogen and oxygen atoms in total. The Balaban J connectivity index is 3.63. The van der Waals surface area contributed by atoms with Crippen molar-refractivity contribution in [2.24, 2.45) is 11.8 Å². The van der Waals surface area contributed by atoms with Gasteiger partial charge in [-0.1, -0.05) is 19.9 Å². The Bertz CT molecular complexity index is 130. The van der Waals surface area contributed by atoms with E-state index >= 15 is 0 Å². The standard InChI is InChI=1S/C9H15N/c1-4-5-6-9(7-10)8(2)3/h4,8-9H,1,5-6H2,2-3H3. The number of allylic oxidation sites excluding steroid dienone is 1. The molecule has 0 saturated carbocycles.